The first-order valence-corrected chi connectivity index (χ1v) is 9.59. The van der Waals surface area contributed by atoms with Crippen LogP contribution in [-0.4, -0.2) is 15.5 Å². The Morgan fingerprint density at radius 2 is 1.85 bits per heavy atom. The zero-order chi connectivity index (χ0) is 18.1. The van der Waals surface area contributed by atoms with Crippen molar-refractivity contribution in [3.8, 4) is 0 Å². The molecular weight excluding hydrogens is 366 g/mol. The van der Waals surface area contributed by atoms with E-state index in [0.717, 1.165) is 34.1 Å². The maximum absolute atomic E-state index is 12.8. The number of benzene rings is 2. The van der Waals surface area contributed by atoms with Crippen LogP contribution in [0.5, 0.6) is 0 Å². The summed E-state index contributed by atoms with van der Waals surface area (Å²) in [6.07, 6.45) is 5.44. The SMILES string of the molecule is Cn1ccnc1Sc1ccc(NC(=O)C2(c3ccc(Cl)cc3)CC2)cc1. The summed E-state index contributed by atoms with van der Waals surface area (Å²) in [7, 11) is 1.97. The Hall–Kier alpha value is -2.24. The summed E-state index contributed by atoms with van der Waals surface area (Å²) in [6, 6.07) is 15.4. The molecule has 1 amide bonds. The van der Waals surface area contributed by atoms with Gasteiger partial charge in [-0.3, -0.25) is 4.79 Å². The summed E-state index contributed by atoms with van der Waals surface area (Å²) in [5, 5.41) is 4.67. The summed E-state index contributed by atoms with van der Waals surface area (Å²) in [4.78, 5) is 18.2. The number of nitrogens with zero attached hydrogens (tertiary/aromatic N) is 2. The quantitative estimate of drug-likeness (QED) is 0.682. The number of amides is 1. The predicted molar refractivity (Wildman–Crippen MR) is 105 cm³/mol. The van der Waals surface area contributed by atoms with E-state index < -0.39 is 5.41 Å². The molecule has 2 aromatic carbocycles. The Bertz CT molecular complexity index is 930. The van der Waals surface area contributed by atoms with Crippen molar-refractivity contribution in [1.29, 1.82) is 0 Å². The minimum atomic E-state index is -0.412. The Labute approximate surface area is 161 Å². The number of aromatic nitrogens is 2. The Morgan fingerprint density at radius 1 is 1.15 bits per heavy atom. The molecule has 0 radical (unpaired) electrons. The zero-order valence-electron chi connectivity index (χ0n) is 14.3. The third-order valence-electron chi connectivity index (χ3n) is 4.68. The molecule has 0 aliphatic heterocycles. The molecule has 1 N–H and O–H groups in total. The molecular formula is C20H18ClN3OS. The first kappa shape index (κ1) is 17.2. The zero-order valence-corrected chi connectivity index (χ0v) is 15.8. The van der Waals surface area contributed by atoms with Gasteiger partial charge in [0.15, 0.2) is 5.16 Å². The molecule has 0 atom stereocenters. The van der Waals surface area contributed by atoms with Crippen LogP contribution < -0.4 is 5.32 Å². The van der Waals surface area contributed by atoms with Gasteiger partial charge in [0.1, 0.15) is 0 Å². The lowest BCUT2D eigenvalue weighted by atomic mass is 9.95. The molecule has 0 saturated heterocycles. The Balaban J connectivity index is 1.45. The highest BCUT2D eigenvalue weighted by atomic mass is 35.5. The molecule has 1 aliphatic rings. The van der Waals surface area contributed by atoms with Crippen molar-refractivity contribution >= 4 is 35.0 Å². The molecule has 132 valence electrons. The number of hydrogen-bond donors (Lipinski definition) is 1. The van der Waals surface area contributed by atoms with Crippen LogP contribution in [-0.2, 0) is 17.3 Å². The van der Waals surface area contributed by atoms with E-state index in [2.05, 4.69) is 10.3 Å². The minimum absolute atomic E-state index is 0.0457. The van der Waals surface area contributed by atoms with Crippen molar-refractivity contribution in [2.24, 2.45) is 7.05 Å². The molecule has 26 heavy (non-hydrogen) atoms. The van der Waals surface area contributed by atoms with Gasteiger partial charge in [-0.15, -0.1) is 0 Å². The Morgan fingerprint density at radius 3 is 2.42 bits per heavy atom. The lowest BCUT2D eigenvalue weighted by Gasteiger charge is -2.16. The average molecular weight is 384 g/mol. The van der Waals surface area contributed by atoms with E-state index in [4.69, 9.17) is 11.6 Å². The van der Waals surface area contributed by atoms with Gasteiger partial charge in [0.25, 0.3) is 0 Å². The fourth-order valence-corrected chi connectivity index (χ4v) is 3.88. The number of imidazole rings is 1. The molecule has 0 bridgehead atoms. The van der Waals surface area contributed by atoms with Crippen molar-refractivity contribution in [2.45, 2.75) is 28.3 Å². The summed E-state index contributed by atoms with van der Waals surface area (Å²) in [5.74, 6) is 0.0457. The maximum atomic E-state index is 12.8. The number of halogens is 1. The lowest BCUT2D eigenvalue weighted by molar-refractivity contribution is -0.118. The number of nitrogens with one attached hydrogen (secondary N) is 1. The third-order valence-corrected chi connectivity index (χ3v) is 6.02. The second-order valence-corrected chi connectivity index (χ2v) is 7.97. The monoisotopic (exact) mass is 383 g/mol. The fraction of sp³-hybridized carbons (Fsp3) is 0.200. The topological polar surface area (TPSA) is 46.9 Å². The second-order valence-electron chi connectivity index (χ2n) is 6.49. The van der Waals surface area contributed by atoms with Crippen LogP contribution in [0, 0.1) is 0 Å². The largest absolute Gasteiger partial charge is 0.329 e. The molecule has 3 aromatic rings. The van der Waals surface area contributed by atoms with Crippen molar-refractivity contribution in [3.05, 3.63) is 71.5 Å². The van der Waals surface area contributed by atoms with Crippen LogP contribution in [0.3, 0.4) is 0 Å². The number of rotatable bonds is 5. The van der Waals surface area contributed by atoms with Gasteiger partial charge in [0.05, 0.1) is 5.41 Å². The van der Waals surface area contributed by atoms with Gasteiger partial charge in [0.2, 0.25) is 5.91 Å². The number of hydrogen-bond acceptors (Lipinski definition) is 3. The van der Waals surface area contributed by atoms with Crippen LogP contribution in [0.25, 0.3) is 0 Å². The van der Waals surface area contributed by atoms with Gasteiger partial charge in [-0.1, -0.05) is 35.5 Å². The molecule has 1 saturated carbocycles. The van der Waals surface area contributed by atoms with Crippen LogP contribution in [0.1, 0.15) is 18.4 Å². The van der Waals surface area contributed by atoms with Crippen molar-refractivity contribution in [1.82, 2.24) is 9.55 Å². The van der Waals surface area contributed by atoms with Crippen LogP contribution >= 0.6 is 23.4 Å². The summed E-state index contributed by atoms with van der Waals surface area (Å²) in [6.45, 7) is 0. The third kappa shape index (κ3) is 3.37. The molecule has 1 aliphatic carbocycles. The minimum Gasteiger partial charge on any atom is -0.329 e. The van der Waals surface area contributed by atoms with E-state index in [1.165, 1.54) is 0 Å². The first-order chi connectivity index (χ1) is 12.6. The lowest BCUT2D eigenvalue weighted by Crippen LogP contribution is -2.27. The van der Waals surface area contributed by atoms with E-state index in [1.54, 1.807) is 18.0 Å². The fourth-order valence-electron chi connectivity index (χ4n) is 2.95. The molecule has 4 rings (SSSR count). The standard InChI is InChI=1S/C20H18ClN3OS/c1-24-13-12-22-19(24)26-17-8-6-16(7-9-17)23-18(25)20(10-11-20)14-2-4-15(21)5-3-14/h2-9,12-13H,10-11H2,1H3,(H,23,25). The van der Waals surface area contributed by atoms with Gasteiger partial charge in [0, 0.05) is 35.0 Å². The predicted octanol–water partition coefficient (Wildman–Crippen LogP) is 4.90. The highest BCUT2D eigenvalue weighted by molar-refractivity contribution is 7.99. The van der Waals surface area contributed by atoms with E-state index in [1.807, 2.05) is 66.3 Å². The maximum Gasteiger partial charge on any atom is 0.235 e. The molecule has 0 spiro atoms. The average Bonchev–Trinajstić information content (AvgIpc) is 3.36. The second kappa shape index (κ2) is 6.82. The van der Waals surface area contributed by atoms with Gasteiger partial charge in [-0.2, -0.15) is 0 Å². The van der Waals surface area contributed by atoms with E-state index in [9.17, 15) is 4.79 Å². The molecule has 4 nitrogen and oxygen atoms in total. The molecule has 1 fully saturated rings. The van der Waals surface area contributed by atoms with E-state index in [0.29, 0.717) is 5.02 Å². The Kier molecular flexibility index (Phi) is 4.51. The molecule has 6 heteroatoms. The van der Waals surface area contributed by atoms with Gasteiger partial charge < -0.3 is 9.88 Å². The molecule has 1 heterocycles. The van der Waals surface area contributed by atoms with E-state index >= 15 is 0 Å². The first-order valence-electron chi connectivity index (χ1n) is 8.40. The van der Waals surface area contributed by atoms with Crippen LogP contribution in [0.2, 0.25) is 5.02 Å². The number of aryl methyl sites for hydroxylation is 1. The van der Waals surface area contributed by atoms with E-state index in [-0.39, 0.29) is 5.91 Å². The van der Waals surface area contributed by atoms with Crippen LogP contribution in [0.4, 0.5) is 5.69 Å². The smallest absolute Gasteiger partial charge is 0.235 e. The number of carbonyl (C=O) groups excluding carboxylic acids is 1. The van der Waals surface area contributed by atoms with Crippen molar-refractivity contribution in [3.63, 3.8) is 0 Å². The van der Waals surface area contributed by atoms with Crippen molar-refractivity contribution in [2.75, 3.05) is 5.32 Å². The number of anilines is 1. The normalized spacial score (nSPS) is 14.8. The van der Waals surface area contributed by atoms with Gasteiger partial charge >= 0.3 is 0 Å². The molecule has 0 unspecified atom stereocenters. The number of carbonyl (C=O) groups is 1. The molecule has 1 aromatic heterocycles. The highest BCUT2D eigenvalue weighted by Crippen LogP contribution is 2.49. The van der Waals surface area contributed by atoms with Gasteiger partial charge in [-0.25, -0.2) is 4.98 Å². The highest BCUT2D eigenvalue weighted by Gasteiger charge is 2.51. The van der Waals surface area contributed by atoms with Gasteiger partial charge in [-0.05, 0) is 54.8 Å². The summed E-state index contributed by atoms with van der Waals surface area (Å²) in [5.41, 5.74) is 1.42. The summed E-state index contributed by atoms with van der Waals surface area (Å²) < 4.78 is 1.98. The van der Waals surface area contributed by atoms with Crippen molar-refractivity contribution < 1.29 is 4.79 Å². The van der Waals surface area contributed by atoms with Crippen LogP contribution in [0.15, 0.2) is 71.0 Å². The summed E-state index contributed by atoms with van der Waals surface area (Å²) >= 11 is 7.55.